The van der Waals surface area contributed by atoms with Crippen LogP contribution >= 0.6 is 11.6 Å². The van der Waals surface area contributed by atoms with Crippen LogP contribution in [0.4, 0.5) is 4.39 Å². The third-order valence-electron chi connectivity index (χ3n) is 1.15. The van der Waals surface area contributed by atoms with Gasteiger partial charge in [0.05, 0.1) is 0 Å². The van der Waals surface area contributed by atoms with Crippen LogP contribution in [0, 0.1) is 5.82 Å². The number of rotatable bonds is 1. The van der Waals surface area contributed by atoms with E-state index in [2.05, 4.69) is 4.74 Å². The maximum atomic E-state index is 12.8. The van der Waals surface area contributed by atoms with Gasteiger partial charge in [-0.2, -0.15) is 0 Å². The van der Waals surface area contributed by atoms with Crippen molar-refractivity contribution in [1.29, 1.82) is 0 Å². The number of ether oxygens (including phenoxy) is 1. The molecule has 0 N–H and O–H groups in total. The summed E-state index contributed by atoms with van der Waals surface area (Å²) in [7, 11) is 0. The normalized spacial score (nSPS) is 9.58. The largest absolute Gasteiger partial charge is 0.424 e. The first kappa shape index (κ1) is 9.00. The van der Waals surface area contributed by atoms with Crippen LogP contribution in [0.25, 0.3) is 0 Å². The summed E-state index contributed by atoms with van der Waals surface area (Å²) in [4.78, 5) is 10.4. The van der Waals surface area contributed by atoms with Crippen LogP contribution in [0.3, 0.4) is 0 Å². The van der Waals surface area contributed by atoms with E-state index in [1.807, 2.05) is 0 Å². The highest BCUT2D eigenvalue weighted by Crippen LogP contribution is 2.20. The molecule has 0 unspecified atom stereocenters. The van der Waals surface area contributed by atoms with E-state index in [4.69, 9.17) is 11.6 Å². The summed E-state index contributed by atoms with van der Waals surface area (Å²) in [6.45, 7) is 1.20. The molecule has 0 bridgehead atoms. The van der Waals surface area contributed by atoms with Gasteiger partial charge in [-0.1, -0.05) is 11.6 Å². The van der Waals surface area contributed by atoms with Crippen molar-refractivity contribution in [3.8, 4) is 5.75 Å². The molecule has 4 heteroatoms. The standard InChI is InChI=1S/C8H6ClFO2/c1-5(11)12-8-3-2-6(9)4-7(8)10/h2-4H,1H3. The van der Waals surface area contributed by atoms with Crippen molar-refractivity contribution in [3.63, 3.8) is 0 Å². The Hall–Kier alpha value is -1.09. The Balaban J connectivity index is 2.93. The molecular weight excluding hydrogens is 183 g/mol. The summed E-state index contributed by atoms with van der Waals surface area (Å²) in [6, 6.07) is 3.84. The van der Waals surface area contributed by atoms with Crippen molar-refractivity contribution in [1.82, 2.24) is 0 Å². The number of carbonyl (C=O) groups excluding carboxylic acids is 1. The summed E-state index contributed by atoms with van der Waals surface area (Å²) in [5.74, 6) is -1.30. The zero-order chi connectivity index (χ0) is 9.14. The van der Waals surface area contributed by atoms with Crippen molar-refractivity contribution in [2.45, 2.75) is 6.92 Å². The van der Waals surface area contributed by atoms with E-state index in [9.17, 15) is 9.18 Å². The minimum atomic E-state index is -0.641. The summed E-state index contributed by atoms with van der Waals surface area (Å²) in [5.41, 5.74) is 0. The first-order valence-electron chi connectivity index (χ1n) is 3.23. The average Bonchev–Trinajstić information content (AvgIpc) is 1.94. The van der Waals surface area contributed by atoms with Crippen molar-refractivity contribution in [3.05, 3.63) is 29.0 Å². The molecule has 0 heterocycles. The van der Waals surface area contributed by atoms with Crippen LogP contribution in [-0.4, -0.2) is 5.97 Å². The van der Waals surface area contributed by atoms with E-state index < -0.39 is 11.8 Å². The van der Waals surface area contributed by atoms with Crippen molar-refractivity contribution < 1.29 is 13.9 Å². The predicted octanol–water partition coefficient (Wildman–Crippen LogP) is 2.40. The zero-order valence-corrected chi connectivity index (χ0v) is 7.06. The van der Waals surface area contributed by atoms with Crippen LogP contribution in [0.5, 0.6) is 5.75 Å². The van der Waals surface area contributed by atoms with E-state index in [1.165, 1.54) is 19.1 Å². The minimum Gasteiger partial charge on any atom is -0.424 e. The molecule has 0 amide bonds. The van der Waals surface area contributed by atoms with Crippen LogP contribution in [-0.2, 0) is 4.79 Å². The quantitative estimate of drug-likeness (QED) is 0.500. The lowest BCUT2D eigenvalue weighted by atomic mass is 10.3. The van der Waals surface area contributed by atoms with Gasteiger partial charge in [0.15, 0.2) is 11.6 Å². The monoisotopic (exact) mass is 188 g/mol. The van der Waals surface area contributed by atoms with Gasteiger partial charge in [-0.15, -0.1) is 0 Å². The number of hydrogen-bond acceptors (Lipinski definition) is 2. The maximum Gasteiger partial charge on any atom is 0.308 e. The molecule has 0 fully saturated rings. The van der Waals surface area contributed by atoms with E-state index in [-0.39, 0.29) is 10.8 Å². The van der Waals surface area contributed by atoms with Crippen LogP contribution in [0.15, 0.2) is 18.2 Å². The minimum absolute atomic E-state index is 0.105. The van der Waals surface area contributed by atoms with Crippen molar-refractivity contribution in [2.75, 3.05) is 0 Å². The molecule has 0 saturated carbocycles. The number of benzene rings is 1. The number of halogens is 2. The Labute approximate surface area is 73.9 Å². The molecule has 0 atom stereocenters. The lowest BCUT2D eigenvalue weighted by Crippen LogP contribution is -2.02. The first-order chi connectivity index (χ1) is 5.59. The molecule has 0 aliphatic heterocycles. The predicted molar refractivity (Wildman–Crippen MR) is 42.7 cm³/mol. The third kappa shape index (κ3) is 2.20. The zero-order valence-electron chi connectivity index (χ0n) is 6.30. The molecule has 12 heavy (non-hydrogen) atoms. The Bertz CT molecular complexity index is 312. The van der Waals surface area contributed by atoms with E-state index in [1.54, 1.807) is 0 Å². The number of esters is 1. The SMILES string of the molecule is CC(=O)Oc1ccc(Cl)cc1F. The van der Waals surface area contributed by atoms with Gasteiger partial charge in [0.2, 0.25) is 0 Å². The van der Waals surface area contributed by atoms with Crippen molar-refractivity contribution in [2.24, 2.45) is 0 Å². The molecule has 1 rings (SSSR count). The molecule has 0 aromatic heterocycles. The lowest BCUT2D eigenvalue weighted by Gasteiger charge is -2.01. The average molecular weight is 189 g/mol. The highest BCUT2D eigenvalue weighted by molar-refractivity contribution is 6.30. The summed E-state index contributed by atoms with van der Waals surface area (Å²) in [6.07, 6.45) is 0. The fourth-order valence-electron chi connectivity index (χ4n) is 0.713. The van der Waals surface area contributed by atoms with Gasteiger partial charge in [-0.05, 0) is 18.2 Å². The molecule has 2 nitrogen and oxygen atoms in total. The summed E-state index contributed by atoms with van der Waals surface area (Å²) in [5, 5.41) is 0.267. The molecule has 0 aliphatic rings. The Morgan fingerprint density at radius 2 is 2.25 bits per heavy atom. The topological polar surface area (TPSA) is 26.3 Å². The van der Waals surface area contributed by atoms with E-state index in [0.717, 1.165) is 6.07 Å². The van der Waals surface area contributed by atoms with Gasteiger partial charge in [0.25, 0.3) is 0 Å². The van der Waals surface area contributed by atoms with Gasteiger partial charge < -0.3 is 4.74 Å². The smallest absolute Gasteiger partial charge is 0.308 e. The molecule has 0 saturated heterocycles. The van der Waals surface area contributed by atoms with Crippen LogP contribution < -0.4 is 4.74 Å². The molecule has 1 aromatic rings. The van der Waals surface area contributed by atoms with E-state index >= 15 is 0 Å². The molecule has 0 aliphatic carbocycles. The molecule has 1 aromatic carbocycles. The maximum absolute atomic E-state index is 12.8. The third-order valence-corrected chi connectivity index (χ3v) is 1.38. The Morgan fingerprint density at radius 3 is 2.75 bits per heavy atom. The highest BCUT2D eigenvalue weighted by Gasteiger charge is 2.05. The molecule has 0 radical (unpaired) electrons. The van der Waals surface area contributed by atoms with Gasteiger partial charge in [-0.25, -0.2) is 4.39 Å². The number of hydrogen-bond donors (Lipinski definition) is 0. The van der Waals surface area contributed by atoms with Crippen LogP contribution in [0.2, 0.25) is 5.02 Å². The fourth-order valence-corrected chi connectivity index (χ4v) is 0.872. The highest BCUT2D eigenvalue weighted by atomic mass is 35.5. The van der Waals surface area contributed by atoms with Gasteiger partial charge in [-0.3, -0.25) is 4.79 Å². The molecule has 0 spiro atoms. The Kier molecular flexibility index (Phi) is 2.65. The van der Waals surface area contributed by atoms with Crippen molar-refractivity contribution >= 4 is 17.6 Å². The van der Waals surface area contributed by atoms with Crippen LogP contribution in [0.1, 0.15) is 6.92 Å². The second kappa shape index (κ2) is 3.54. The summed E-state index contributed by atoms with van der Waals surface area (Å²) < 4.78 is 17.4. The summed E-state index contributed by atoms with van der Waals surface area (Å²) >= 11 is 5.47. The van der Waals surface area contributed by atoms with Gasteiger partial charge >= 0.3 is 5.97 Å². The van der Waals surface area contributed by atoms with E-state index in [0.29, 0.717) is 0 Å². The van der Waals surface area contributed by atoms with Gasteiger partial charge in [0, 0.05) is 11.9 Å². The molecular formula is C8H6ClFO2. The lowest BCUT2D eigenvalue weighted by molar-refractivity contribution is -0.132. The van der Waals surface area contributed by atoms with Gasteiger partial charge in [0.1, 0.15) is 0 Å². The molecule has 64 valence electrons. The second-order valence-corrected chi connectivity index (χ2v) is 2.60. The Morgan fingerprint density at radius 1 is 1.58 bits per heavy atom. The number of carbonyl (C=O) groups is 1. The second-order valence-electron chi connectivity index (χ2n) is 2.17. The fraction of sp³-hybridized carbons (Fsp3) is 0.125. The first-order valence-corrected chi connectivity index (χ1v) is 3.61.